The van der Waals surface area contributed by atoms with Gasteiger partial charge in [-0.1, -0.05) is 17.7 Å². The van der Waals surface area contributed by atoms with Crippen LogP contribution in [0.1, 0.15) is 11.5 Å². The number of piperazine rings is 2. The molecule has 2 saturated heterocycles. The Morgan fingerprint density at radius 3 is 3.00 bits per heavy atom. The van der Waals surface area contributed by atoms with Crippen LogP contribution in [0.5, 0.6) is 0 Å². The number of hydrogen-bond donors (Lipinski definition) is 1. The lowest BCUT2D eigenvalue weighted by Crippen LogP contribution is -2.65. The molecule has 0 aliphatic carbocycles. The number of aryl methyl sites for hydroxylation is 1. The SMILES string of the molecule is Cc1oc(-c2cccc(Cl)c2)nc1CN1CCN2C(=O)CNC(=O)C2C1. The van der Waals surface area contributed by atoms with E-state index < -0.39 is 6.04 Å². The number of amides is 2. The number of oxazole rings is 1. The monoisotopic (exact) mass is 374 g/mol. The molecule has 0 saturated carbocycles. The van der Waals surface area contributed by atoms with E-state index in [2.05, 4.69) is 15.2 Å². The zero-order valence-electron chi connectivity index (χ0n) is 14.4. The fourth-order valence-electron chi connectivity index (χ4n) is 3.42. The Balaban J connectivity index is 1.50. The standard InChI is InChI=1S/C18H19ClN4O3/c1-11-14(21-18(26-11)12-3-2-4-13(19)7-12)9-22-5-6-23-15(10-22)17(25)20-8-16(23)24/h2-4,7,15H,5-6,8-10H2,1H3,(H,20,25). The third-order valence-electron chi connectivity index (χ3n) is 4.84. The average Bonchev–Trinajstić information content (AvgIpc) is 2.99. The molecule has 1 atom stereocenters. The van der Waals surface area contributed by atoms with Crippen molar-refractivity contribution in [3.05, 3.63) is 40.7 Å². The number of hydrogen-bond acceptors (Lipinski definition) is 5. The van der Waals surface area contributed by atoms with Crippen molar-refractivity contribution in [3.63, 3.8) is 0 Å². The van der Waals surface area contributed by atoms with Gasteiger partial charge in [-0.3, -0.25) is 14.5 Å². The van der Waals surface area contributed by atoms with Crippen molar-refractivity contribution in [1.29, 1.82) is 0 Å². The molecule has 4 rings (SSSR count). The first-order chi connectivity index (χ1) is 12.5. The summed E-state index contributed by atoms with van der Waals surface area (Å²) in [5, 5.41) is 3.28. The molecule has 1 aromatic heterocycles. The van der Waals surface area contributed by atoms with Crippen LogP contribution in [0.4, 0.5) is 0 Å². The lowest BCUT2D eigenvalue weighted by molar-refractivity contribution is -0.149. The number of carbonyl (C=O) groups is 2. The zero-order valence-corrected chi connectivity index (χ0v) is 15.1. The van der Waals surface area contributed by atoms with Gasteiger partial charge in [0.2, 0.25) is 17.7 Å². The maximum atomic E-state index is 12.1. The van der Waals surface area contributed by atoms with Crippen molar-refractivity contribution in [1.82, 2.24) is 20.1 Å². The van der Waals surface area contributed by atoms with Gasteiger partial charge in [0.05, 0.1) is 12.2 Å². The number of benzene rings is 1. The van der Waals surface area contributed by atoms with E-state index in [0.29, 0.717) is 37.1 Å². The molecule has 1 unspecified atom stereocenters. The highest BCUT2D eigenvalue weighted by atomic mass is 35.5. The fourth-order valence-corrected chi connectivity index (χ4v) is 3.61. The van der Waals surface area contributed by atoms with Gasteiger partial charge in [0.15, 0.2) is 0 Å². The topological polar surface area (TPSA) is 78.7 Å². The van der Waals surface area contributed by atoms with Crippen LogP contribution in [0.15, 0.2) is 28.7 Å². The number of nitrogens with one attached hydrogen (secondary N) is 1. The third-order valence-corrected chi connectivity index (χ3v) is 5.07. The van der Waals surface area contributed by atoms with Crippen LogP contribution in [0, 0.1) is 6.92 Å². The first-order valence-corrected chi connectivity index (χ1v) is 8.91. The largest absolute Gasteiger partial charge is 0.441 e. The van der Waals surface area contributed by atoms with Crippen molar-refractivity contribution in [2.75, 3.05) is 26.2 Å². The normalized spacial score (nSPS) is 20.8. The van der Waals surface area contributed by atoms with Gasteiger partial charge >= 0.3 is 0 Å². The second kappa shape index (κ2) is 6.74. The molecule has 3 heterocycles. The highest BCUT2D eigenvalue weighted by Crippen LogP contribution is 2.25. The van der Waals surface area contributed by atoms with Crippen molar-refractivity contribution < 1.29 is 14.0 Å². The van der Waals surface area contributed by atoms with Crippen molar-refractivity contribution in [2.45, 2.75) is 19.5 Å². The molecule has 2 aromatic rings. The Kier molecular flexibility index (Phi) is 4.42. The molecule has 7 nitrogen and oxygen atoms in total. The molecule has 2 aliphatic rings. The lowest BCUT2D eigenvalue weighted by atomic mass is 10.1. The number of aromatic nitrogens is 1. The molecular weight excluding hydrogens is 356 g/mol. The summed E-state index contributed by atoms with van der Waals surface area (Å²) < 4.78 is 5.80. The molecule has 2 fully saturated rings. The van der Waals surface area contributed by atoms with Gasteiger partial charge in [-0.25, -0.2) is 4.98 Å². The van der Waals surface area contributed by atoms with Gasteiger partial charge in [-0.2, -0.15) is 0 Å². The quantitative estimate of drug-likeness (QED) is 0.879. The van der Waals surface area contributed by atoms with Crippen LogP contribution in [-0.2, 0) is 16.1 Å². The van der Waals surface area contributed by atoms with Gasteiger partial charge in [-0.15, -0.1) is 0 Å². The summed E-state index contributed by atoms with van der Waals surface area (Å²) in [6.45, 7) is 4.30. The summed E-state index contributed by atoms with van der Waals surface area (Å²) in [5.41, 5.74) is 1.66. The third kappa shape index (κ3) is 3.20. The predicted octanol–water partition coefficient (Wildman–Crippen LogP) is 1.45. The Morgan fingerprint density at radius 1 is 1.35 bits per heavy atom. The van der Waals surface area contributed by atoms with Gasteiger partial charge in [-0.05, 0) is 25.1 Å². The van der Waals surface area contributed by atoms with E-state index in [1.54, 1.807) is 11.0 Å². The molecule has 0 radical (unpaired) electrons. The summed E-state index contributed by atoms with van der Waals surface area (Å²) in [4.78, 5) is 32.4. The first-order valence-electron chi connectivity index (χ1n) is 8.53. The second-order valence-electron chi connectivity index (χ2n) is 6.59. The minimum Gasteiger partial charge on any atom is -0.441 e. The Hall–Kier alpha value is -2.38. The zero-order chi connectivity index (χ0) is 18.3. The molecule has 2 aliphatic heterocycles. The summed E-state index contributed by atoms with van der Waals surface area (Å²) in [7, 11) is 0. The molecule has 0 bridgehead atoms. The number of rotatable bonds is 3. The maximum absolute atomic E-state index is 12.1. The van der Waals surface area contributed by atoms with Gasteiger partial charge in [0, 0.05) is 36.8 Å². The van der Waals surface area contributed by atoms with Gasteiger partial charge in [0.25, 0.3) is 0 Å². The molecule has 0 spiro atoms. The van der Waals surface area contributed by atoms with E-state index in [0.717, 1.165) is 17.0 Å². The Morgan fingerprint density at radius 2 is 2.19 bits per heavy atom. The summed E-state index contributed by atoms with van der Waals surface area (Å²) in [6.07, 6.45) is 0. The molecule has 1 aromatic carbocycles. The van der Waals surface area contributed by atoms with E-state index in [1.165, 1.54) is 0 Å². The minimum atomic E-state index is -0.426. The number of carbonyl (C=O) groups excluding carboxylic acids is 2. The van der Waals surface area contributed by atoms with Crippen LogP contribution in [0.2, 0.25) is 5.02 Å². The molecule has 136 valence electrons. The molecular formula is C18H19ClN4O3. The van der Waals surface area contributed by atoms with Crippen molar-refractivity contribution in [3.8, 4) is 11.5 Å². The van der Waals surface area contributed by atoms with Crippen molar-refractivity contribution >= 4 is 23.4 Å². The average molecular weight is 375 g/mol. The highest BCUT2D eigenvalue weighted by molar-refractivity contribution is 6.30. The van der Waals surface area contributed by atoms with Crippen molar-refractivity contribution in [2.24, 2.45) is 0 Å². The lowest BCUT2D eigenvalue weighted by Gasteiger charge is -2.42. The molecule has 1 N–H and O–H groups in total. The number of fused-ring (bicyclic) bond motifs is 1. The molecule has 26 heavy (non-hydrogen) atoms. The van der Waals surface area contributed by atoms with Crippen LogP contribution < -0.4 is 5.32 Å². The number of halogens is 1. The van der Waals surface area contributed by atoms with Crippen LogP contribution >= 0.6 is 11.6 Å². The van der Waals surface area contributed by atoms with E-state index in [1.807, 2.05) is 25.1 Å². The fraction of sp³-hybridized carbons (Fsp3) is 0.389. The van der Waals surface area contributed by atoms with Crippen LogP contribution in [0.3, 0.4) is 0 Å². The highest BCUT2D eigenvalue weighted by Gasteiger charge is 2.38. The predicted molar refractivity (Wildman–Crippen MR) is 95.5 cm³/mol. The summed E-state index contributed by atoms with van der Waals surface area (Å²) in [6, 6.07) is 6.95. The summed E-state index contributed by atoms with van der Waals surface area (Å²) in [5.74, 6) is 1.16. The van der Waals surface area contributed by atoms with E-state index in [4.69, 9.17) is 16.0 Å². The molecule has 8 heteroatoms. The first kappa shape index (κ1) is 17.1. The van der Waals surface area contributed by atoms with E-state index >= 15 is 0 Å². The smallest absolute Gasteiger partial charge is 0.244 e. The Bertz CT molecular complexity index is 866. The molecule has 2 amide bonds. The van der Waals surface area contributed by atoms with Crippen LogP contribution in [-0.4, -0.2) is 58.8 Å². The van der Waals surface area contributed by atoms with Crippen LogP contribution in [0.25, 0.3) is 11.5 Å². The Labute approximate surface area is 155 Å². The van der Waals surface area contributed by atoms with Gasteiger partial charge < -0.3 is 14.6 Å². The minimum absolute atomic E-state index is 0.0184. The van der Waals surface area contributed by atoms with E-state index in [-0.39, 0.29) is 18.4 Å². The number of nitrogens with zero attached hydrogens (tertiary/aromatic N) is 3. The maximum Gasteiger partial charge on any atom is 0.244 e. The second-order valence-corrected chi connectivity index (χ2v) is 7.02. The van der Waals surface area contributed by atoms with E-state index in [9.17, 15) is 9.59 Å². The van der Waals surface area contributed by atoms with Gasteiger partial charge in [0.1, 0.15) is 11.8 Å². The summed E-state index contributed by atoms with van der Waals surface area (Å²) >= 11 is 6.04.